The Bertz CT molecular complexity index is 386. The van der Waals surface area contributed by atoms with E-state index in [4.69, 9.17) is 10.8 Å². The van der Waals surface area contributed by atoms with Gasteiger partial charge in [-0.3, -0.25) is 9.59 Å². The lowest BCUT2D eigenvalue weighted by Crippen LogP contribution is -2.30. The van der Waals surface area contributed by atoms with Crippen LogP contribution in [0.5, 0.6) is 0 Å². The normalized spacial score (nSPS) is 9.67. The minimum atomic E-state index is -1.10. The Morgan fingerprint density at radius 2 is 2.13 bits per heavy atom. The van der Waals surface area contributed by atoms with Crippen molar-refractivity contribution in [2.75, 3.05) is 12.3 Å². The number of carboxylic acid groups (broad SMARTS) is 1. The maximum Gasteiger partial charge on any atom is 0.322 e. The van der Waals surface area contributed by atoms with Crippen LogP contribution in [0.2, 0.25) is 0 Å². The fourth-order valence-corrected chi connectivity index (χ4v) is 1.59. The van der Waals surface area contributed by atoms with Gasteiger partial charge in [-0.1, -0.05) is 6.07 Å². The number of nitrogens with one attached hydrogen (secondary N) is 1. The van der Waals surface area contributed by atoms with Gasteiger partial charge in [0.15, 0.2) is 0 Å². The first-order chi connectivity index (χ1) is 7.02. The Morgan fingerprint density at radius 1 is 1.47 bits per heavy atom. The van der Waals surface area contributed by atoms with E-state index < -0.39 is 18.4 Å². The molecule has 0 aromatic heterocycles. The summed E-state index contributed by atoms with van der Waals surface area (Å²) in [5, 5.41) is 10.6. The van der Waals surface area contributed by atoms with E-state index in [1.54, 1.807) is 18.2 Å². The van der Waals surface area contributed by atoms with Crippen molar-refractivity contribution in [3.8, 4) is 0 Å². The van der Waals surface area contributed by atoms with E-state index in [1.807, 2.05) is 0 Å². The van der Waals surface area contributed by atoms with Crippen molar-refractivity contribution in [1.29, 1.82) is 0 Å². The third-order valence-electron chi connectivity index (χ3n) is 1.67. The third-order valence-corrected chi connectivity index (χ3v) is 2.33. The summed E-state index contributed by atoms with van der Waals surface area (Å²) in [6.45, 7) is -0.431. The molecule has 0 saturated carbocycles. The van der Waals surface area contributed by atoms with Crippen molar-refractivity contribution in [2.24, 2.45) is 0 Å². The number of hydrogen-bond acceptors (Lipinski definition) is 3. The fourth-order valence-electron chi connectivity index (χ4n) is 1.02. The number of halogens is 1. The highest BCUT2D eigenvalue weighted by atomic mass is 79.9. The first-order valence-electron chi connectivity index (χ1n) is 4.06. The Labute approximate surface area is 94.4 Å². The van der Waals surface area contributed by atoms with Crippen LogP contribution in [0.1, 0.15) is 10.4 Å². The smallest absolute Gasteiger partial charge is 0.322 e. The molecular weight excluding hydrogens is 264 g/mol. The summed E-state index contributed by atoms with van der Waals surface area (Å²) in [7, 11) is 0. The number of carbonyl (C=O) groups excluding carboxylic acids is 1. The summed E-state index contributed by atoms with van der Waals surface area (Å²) in [5.74, 6) is -1.61. The molecule has 5 nitrogen and oxygen atoms in total. The van der Waals surface area contributed by atoms with Gasteiger partial charge in [0.05, 0.1) is 5.56 Å². The molecule has 0 aliphatic heterocycles. The van der Waals surface area contributed by atoms with Gasteiger partial charge in [0, 0.05) is 10.2 Å². The van der Waals surface area contributed by atoms with Gasteiger partial charge in [0.2, 0.25) is 0 Å². The molecular formula is C9H9BrN2O3. The van der Waals surface area contributed by atoms with E-state index in [1.165, 1.54) is 0 Å². The van der Waals surface area contributed by atoms with Gasteiger partial charge in [-0.25, -0.2) is 0 Å². The molecule has 0 bridgehead atoms. The van der Waals surface area contributed by atoms with Crippen LogP contribution in [0.15, 0.2) is 22.7 Å². The van der Waals surface area contributed by atoms with Crippen LogP contribution >= 0.6 is 15.9 Å². The van der Waals surface area contributed by atoms with Crippen LogP contribution in [0, 0.1) is 0 Å². The molecule has 0 spiro atoms. The summed E-state index contributed by atoms with van der Waals surface area (Å²) < 4.78 is 0.533. The van der Waals surface area contributed by atoms with Gasteiger partial charge in [0.1, 0.15) is 6.54 Å². The van der Waals surface area contributed by atoms with Crippen molar-refractivity contribution in [1.82, 2.24) is 5.32 Å². The van der Waals surface area contributed by atoms with E-state index in [2.05, 4.69) is 21.2 Å². The maximum absolute atomic E-state index is 11.5. The predicted molar refractivity (Wildman–Crippen MR) is 58.5 cm³/mol. The largest absolute Gasteiger partial charge is 0.480 e. The zero-order valence-electron chi connectivity index (χ0n) is 7.66. The zero-order chi connectivity index (χ0) is 11.4. The second kappa shape index (κ2) is 4.79. The van der Waals surface area contributed by atoms with Gasteiger partial charge in [-0.05, 0) is 28.1 Å². The van der Waals surface area contributed by atoms with Gasteiger partial charge in [0.25, 0.3) is 5.91 Å². The summed E-state index contributed by atoms with van der Waals surface area (Å²) in [5.41, 5.74) is 6.14. The van der Waals surface area contributed by atoms with Crippen molar-refractivity contribution in [3.05, 3.63) is 28.2 Å². The summed E-state index contributed by atoms with van der Waals surface area (Å²) in [6, 6.07) is 4.92. The number of benzene rings is 1. The number of anilines is 1. The molecule has 1 rings (SSSR count). The molecule has 0 heterocycles. The number of nitrogen functional groups attached to an aromatic ring is 1. The molecule has 0 radical (unpaired) electrons. The second-order valence-electron chi connectivity index (χ2n) is 2.78. The molecule has 0 unspecified atom stereocenters. The number of amides is 1. The summed E-state index contributed by atoms with van der Waals surface area (Å²) in [4.78, 5) is 21.8. The average molecular weight is 273 g/mol. The third kappa shape index (κ3) is 2.95. The molecule has 0 aliphatic rings. The Morgan fingerprint density at radius 3 is 2.67 bits per heavy atom. The molecule has 0 aliphatic carbocycles. The molecule has 6 heteroatoms. The summed E-state index contributed by atoms with van der Waals surface area (Å²) >= 11 is 3.17. The monoisotopic (exact) mass is 272 g/mol. The molecule has 1 aromatic carbocycles. The van der Waals surface area contributed by atoms with Crippen LogP contribution in [0.3, 0.4) is 0 Å². The highest BCUT2D eigenvalue weighted by Gasteiger charge is 2.13. The molecule has 4 N–H and O–H groups in total. The molecule has 15 heavy (non-hydrogen) atoms. The number of carbonyl (C=O) groups is 2. The lowest BCUT2D eigenvalue weighted by Gasteiger charge is -2.07. The van der Waals surface area contributed by atoms with Crippen LogP contribution in [-0.4, -0.2) is 23.5 Å². The van der Waals surface area contributed by atoms with Crippen LogP contribution in [0.4, 0.5) is 5.69 Å². The SMILES string of the molecule is Nc1cccc(Br)c1C(=O)NCC(=O)O. The summed E-state index contributed by atoms with van der Waals surface area (Å²) in [6.07, 6.45) is 0. The van der Waals surface area contributed by atoms with Crippen LogP contribution < -0.4 is 11.1 Å². The van der Waals surface area contributed by atoms with E-state index in [0.29, 0.717) is 10.2 Å². The second-order valence-corrected chi connectivity index (χ2v) is 3.63. The van der Waals surface area contributed by atoms with Crippen molar-refractivity contribution in [2.45, 2.75) is 0 Å². The molecule has 1 amide bonds. The quantitative estimate of drug-likeness (QED) is 0.712. The Balaban J connectivity index is 2.86. The Kier molecular flexibility index (Phi) is 3.68. The Hall–Kier alpha value is -1.56. The van der Waals surface area contributed by atoms with E-state index in [-0.39, 0.29) is 5.56 Å². The van der Waals surface area contributed by atoms with E-state index in [9.17, 15) is 9.59 Å². The average Bonchev–Trinajstić information content (AvgIpc) is 2.14. The van der Waals surface area contributed by atoms with E-state index >= 15 is 0 Å². The predicted octanol–water partition coefficient (Wildman–Crippen LogP) is 0.846. The standard InChI is InChI=1S/C9H9BrN2O3/c10-5-2-1-3-6(11)8(5)9(15)12-4-7(13)14/h1-3H,4,11H2,(H,12,15)(H,13,14). The highest BCUT2D eigenvalue weighted by Crippen LogP contribution is 2.21. The van der Waals surface area contributed by atoms with Gasteiger partial charge < -0.3 is 16.2 Å². The van der Waals surface area contributed by atoms with Crippen molar-refractivity contribution in [3.63, 3.8) is 0 Å². The number of hydrogen-bond donors (Lipinski definition) is 3. The van der Waals surface area contributed by atoms with E-state index in [0.717, 1.165) is 0 Å². The first kappa shape index (κ1) is 11.5. The molecule has 1 aromatic rings. The molecule has 0 fully saturated rings. The minimum Gasteiger partial charge on any atom is -0.480 e. The number of rotatable bonds is 3. The number of carboxylic acids is 1. The number of aliphatic carboxylic acids is 1. The van der Waals surface area contributed by atoms with Crippen LogP contribution in [0.25, 0.3) is 0 Å². The highest BCUT2D eigenvalue weighted by molar-refractivity contribution is 9.10. The fraction of sp³-hybridized carbons (Fsp3) is 0.111. The van der Waals surface area contributed by atoms with Gasteiger partial charge in [-0.15, -0.1) is 0 Å². The lowest BCUT2D eigenvalue weighted by atomic mass is 10.1. The van der Waals surface area contributed by atoms with Crippen molar-refractivity contribution < 1.29 is 14.7 Å². The number of nitrogens with two attached hydrogens (primary N) is 1. The lowest BCUT2D eigenvalue weighted by molar-refractivity contribution is -0.135. The van der Waals surface area contributed by atoms with Crippen LogP contribution in [-0.2, 0) is 4.79 Å². The minimum absolute atomic E-state index is 0.249. The molecule has 0 saturated heterocycles. The van der Waals surface area contributed by atoms with Gasteiger partial charge in [-0.2, -0.15) is 0 Å². The zero-order valence-corrected chi connectivity index (χ0v) is 9.24. The molecule has 0 atom stereocenters. The first-order valence-corrected chi connectivity index (χ1v) is 4.85. The molecule has 80 valence electrons. The van der Waals surface area contributed by atoms with Gasteiger partial charge >= 0.3 is 5.97 Å². The topological polar surface area (TPSA) is 92.4 Å². The van der Waals surface area contributed by atoms with Crippen molar-refractivity contribution >= 4 is 33.5 Å². The maximum atomic E-state index is 11.5.